The van der Waals surface area contributed by atoms with Gasteiger partial charge in [0.1, 0.15) is 0 Å². The highest BCUT2D eigenvalue weighted by atomic mass is 35.5. The zero-order valence-corrected chi connectivity index (χ0v) is 12.8. The van der Waals surface area contributed by atoms with Gasteiger partial charge in [-0.05, 0) is 11.5 Å². The normalized spacial score (nSPS) is 20.1. The zero-order chi connectivity index (χ0) is 11.4. The largest absolute Gasteiger partial charge is 0.311 e. The van der Waals surface area contributed by atoms with Gasteiger partial charge in [0.05, 0.1) is 0 Å². The van der Waals surface area contributed by atoms with E-state index in [1.54, 1.807) is 0 Å². The van der Waals surface area contributed by atoms with Crippen molar-refractivity contribution >= 4 is 24.8 Å². The molecule has 1 aliphatic heterocycles. The number of piperazine rings is 1. The van der Waals surface area contributed by atoms with Gasteiger partial charge in [-0.1, -0.05) is 44.2 Å². The van der Waals surface area contributed by atoms with Crippen LogP contribution in [-0.2, 0) is 6.54 Å². The molecular formula is C14H24Cl2N2. The van der Waals surface area contributed by atoms with Gasteiger partial charge in [-0.25, -0.2) is 0 Å². The molecule has 0 aromatic heterocycles. The average molecular weight is 291 g/mol. The van der Waals surface area contributed by atoms with E-state index in [4.69, 9.17) is 0 Å². The molecule has 0 radical (unpaired) electrons. The third-order valence-electron chi connectivity index (χ3n) is 3.34. The summed E-state index contributed by atoms with van der Waals surface area (Å²) in [7, 11) is 0. The van der Waals surface area contributed by atoms with Gasteiger partial charge in [0.15, 0.2) is 0 Å². The second kappa shape index (κ2) is 8.76. The van der Waals surface area contributed by atoms with Crippen molar-refractivity contribution in [1.29, 1.82) is 0 Å². The third kappa shape index (κ3) is 5.15. The highest BCUT2D eigenvalue weighted by molar-refractivity contribution is 5.85. The first-order valence-electron chi connectivity index (χ1n) is 6.25. The lowest BCUT2D eigenvalue weighted by Gasteiger charge is -2.35. The fraction of sp³-hybridized carbons (Fsp3) is 0.571. The smallest absolute Gasteiger partial charge is 0.0234 e. The first kappa shape index (κ1) is 17.7. The van der Waals surface area contributed by atoms with E-state index in [9.17, 15) is 0 Å². The Balaban J connectivity index is 0.00000144. The van der Waals surface area contributed by atoms with Crippen LogP contribution < -0.4 is 5.32 Å². The Bertz CT molecular complexity index is 317. The number of nitrogens with one attached hydrogen (secondary N) is 1. The van der Waals surface area contributed by atoms with Crippen molar-refractivity contribution in [2.24, 2.45) is 5.92 Å². The lowest BCUT2D eigenvalue weighted by atomic mass is 10.0. The third-order valence-corrected chi connectivity index (χ3v) is 3.34. The summed E-state index contributed by atoms with van der Waals surface area (Å²) in [5, 5.41) is 3.59. The van der Waals surface area contributed by atoms with Crippen molar-refractivity contribution in [2.75, 3.05) is 19.6 Å². The van der Waals surface area contributed by atoms with Crippen molar-refractivity contribution in [2.45, 2.75) is 26.4 Å². The molecule has 1 N–H and O–H groups in total. The molecule has 1 aromatic rings. The van der Waals surface area contributed by atoms with Crippen molar-refractivity contribution in [3.8, 4) is 0 Å². The number of hydrogen-bond acceptors (Lipinski definition) is 2. The molecule has 4 heteroatoms. The molecule has 1 saturated heterocycles. The summed E-state index contributed by atoms with van der Waals surface area (Å²) in [6.45, 7) is 9.14. The molecule has 1 aliphatic rings. The molecule has 0 aliphatic carbocycles. The molecule has 0 unspecified atom stereocenters. The summed E-state index contributed by atoms with van der Waals surface area (Å²) >= 11 is 0. The molecule has 2 rings (SSSR count). The summed E-state index contributed by atoms with van der Waals surface area (Å²) in [5.41, 5.74) is 1.42. The second-order valence-electron chi connectivity index (χ2n) is 5.03. The van der Waals surface area contributed by atoms with Gasteiger partial charge < -0.3 is 5.32 Å². The molecule has 2 nitrogen and oxygen atoms in total. The van der Waals surface area contributed by atoms with E-state index in [-0.39, 0.29) is 24.8 Å². The quantitative estimate of drug-likeness (QED) is 0.921. The summed E-state index contributed by atoms with van der Waals surface area (Å²) in [6, 6.07) is 11.4. The molecule has 104 valence electrons. The van der Waals surface area contributed by atoms with Gasteiger partial charge >= 0.3 is 0 Å². The first-order chi connectivity index (χ1) is 7.75. The second-order valence-corrected chi connectivity index (χ2v) is 5.03. The van der Waals surface area contributed by atoms with Gasteiger partial charge in [0.25, 0.3) is 0 Å². The van der Waals surface area contributed by atoms with Crippen LogP contribution in [0.4, 0.5) is 0 Å². The maximum absolute atomic E-state index is 3.59. The van der Waals surface area contributed by atoms with Crippen LogP contribution in [0.3, 0.4) is 0 Å². The lowest BCUT2D eigenvalue weighted by molar-refractivity contribution is 0.168. The van der Waals surface area contributed by atoms with Crippen LogP contribution in [0.25, 0.3) is 0 Å². The SMILES string of the molecule is CC(C)[C@@H]1CN(Cc2ccccc2)CCN1.Cl.Cl. The predicted molar refractivity (Wildman–Crippen MR) is 82.8 cm³/mol. The van der Waals surface area contributed by atoms with Crippen LogP contribution in [0.5, 0.6) is 0 Å². The Morgan fingerprint density at radius 1 is 1.22 bits per heavy atom. The van der Waals surface area contributed by atoms with E-state index >= 15 is 0 Å². The van der Waals surface area contributed by atoms with Gasteiger partial charge in [-0.15, -0.1) is 24.8 Å². The summed E-state index contributed by atoms with van der Waals surface area (Å²) < 4.78 is 0. The van der Waals surface area contributed by atoms with Crippen molar-refractivity contribution in [1.82, 2.24) is 10.2 Å². The molecule has 0 spiro atoms. The molecular weight excluding hydrogens is 267 g/mol. The topological polar surface area (TPSA) is 15.3 Å². The van der Waals surface area contributed by atoms with E-state index in [0.29, 0.717) is 6.04 Å². The number of hydrogen-bond donors (Lipinski definition) is 1. The van der Waals surface area contributed by atoms with Crippen LogP contribution in [0.2, 0.25) is 0 Å². The number of rotatable bonds is 3. The van der Waals surface area contributed by atoms with E-state index in [2.05, 4.69) is 54.4 Å². The molecule has 0 amide bonds. The fourth-order valence-corrected chi connectivity index (χ4v) is 2.27. The molecule has 1 aromatic carbocycles. The Hall–Kier alpha value is -0.280. The van der Waals surface area contributed by atoms with Crippen molar-refractivity contribution in [3.05, 3.63) is 35.9 Å². The maximum atomic E-state index is 3.59. The zero-order valence-electron chi connectivity index (χ0n) is 11.1. The summed E-state index contributed by atoms with van der Waals surface area (Å²) in [6.07, 6.45) is 0. The van der Waals surface area contributed by atoms with Gasteiger partial charge in [0.2, 0.25) is 0 Å². The van der Waals surface area contributed by atoms with E-state index in [0.717, 1.165) is 25.6 Å². The van der Waals surface area contributed by atoms with E-state index < -0.39 is 0 Å². The highest BCUT2D eigenvalue weighted by Crippen LogP contribution is 2.11. The molecule has 0 saturated carbocycles. The predicted octanol–water partition coefficient (Wildman–Crippen LogP) is 2.96. The fourth-order valence-electron chi connectivity index (χ4n) is 2.27. The van der Waals surface area contributed by atoms with E-state index in [1.807, 2.05) is 0 Å². The number of nitrogens with zero attached hydrogens (tertiary/aromatic N) is 1. The van der Waals surface area contributed by atoms with Crippen molar-refractivity contribution < 1.29 is 0 Å². The highest BCUT2D eigenvalue weighted by Gasteiger charge is 2.21. The minimum absolute atomic E-state index is 0. The maximum Gasteiger partial charge on any atom is 0.0234 e. The van der Waals surface area contributed by atoms with Crippen LogP contribution in [0.1, 0.15) is 19.4 Å². The van der Waals surface area contributed by atoms with Crippen molar-refractivity contribution in [3.63, 3.8) is 0 Å². The van der Waals surface area contributed by atoms with Gasteiger partial charge in [-0.3, -0.25) is 4.90 Å². The summed E-state index contributed by atoms with van der Waals surface area (Å²) in [4.78, 5) is 2.55. The molecule has 18 heavy (non-hydrogen) atoms. The Kier molecular flexibility index (Phi) is 8.62. The standard InChI is InChI=1S/C14H22N2.2ClH/c1-12(2)14-11-16(9-8-15-14)10-13-6-4-3-5-7-13;;/h3-7,12,14-15H,8-11H2,1-2H3;2*1H/t14-;;/m0../s1. The van der Waals surface area contributed by atoms with Crippen LogP contribution in [0.15, 0.2) is 30.3 Å². The van der Waals surface area contributed by atoms with Gasteiger partial charge in [0, 0.05) is 32.2 Å². The lowest BCUT2D eigenvalue weighted by Crippen LogP contribution is -2.52. The van der Waals surface area contributed by atoms with Gasteiger partial charge in [-0.2, -0.15) is 0 Å². The Labute approximate surface area is 123 Å². The number of halogens is 2. The first-order valence-corrected chi connectivity index (χ1v) is 6.25. The Morgan fingerprint density at radius 2 is 1.89 bits per heavy atom. The minimum Gasteiger partial charge on any atom is -0.311 e. The molecule has 1 atom stereocenters. The van der Waals surface area contributed by atoms with Crippen LogP contribution in [-0.4, -0.2) is 30.6 Å². The average Bonchev–Trinajstić information content (AvgIpc) is 2.30. The number of benzene rings is 1. The molecule has 1 heterocycles. The Morgan fingerprint density at radius 3 is 2.50 bits per heavy atom. The van der Waals surface area contributed by atoms with E-state index in [1.165, 1.54) is 12.1 Å². The molecule has 1 fully saturated rings. The van der Waals surface area contributed by atoms with Crippen LogP contribution in [0, 0.1) is 5.92 Å². The monoisotopic (exact) mass is 290 g/mol. The molecule has 0 bridgehead atoms. The van der Waals surface area contributed by atoms with Crippen LogP contribution >= 0.6 is 24.8 Å². The minimum atomic E-state index is 0. The summed E-state index contributed by atoms with van der Waals surface area (Å²) in [5.74, 6) is 0.721.